The molecule has 0 bridgehead atoms. The van der Waals surface area contributed by atoms with E-state index in [0.717, 1.165) is 13.1 Å². The van der Waals surface area contributed by atoms with Gasteiger partial charge in [-0.3, -0.25) is 24.1 Å². The number of ketones is 1. The fraction of sp³-hybridized carbons (Fsp3) is 0.433. The van der Waals surface area contributed by atoms with Gasteiger partial charge in [0.05, 0.1) is 36.9 Å². The molecule has 0 aromatic heterocycles. The van der Waals surface area contributed by atoms with Gasteiger partial charge >= 0.3 is 0 Å². The summed E-state index contributed by atoms with van der Waals surface area (Å²) in [5.41, 5.74) is 6.46. The van der Waals surface area contributed by atoms with Gasteiger partial charge in [-0.25, -0.2) is 0 Å². The number of hydrogen-bond donors (Lipinski definition) is 3. The van der Waals surface area contributed by atoms with Crippen LogP contribution in [0.15, 0.2) is 58.3 Å². The van der Waals surface area contributed by atoms with Crippen LogP contribution < -0.4 is 16.4 Å². The first-order chi connectivity index (χ1) is 20.3. The van der Waals surface area contributed by atoms with Crippen LogP contribution in [0, 0.1) is 11.3 Å². The number of Topliss-reactive ketones (excluding diaryl/α,β-unsaturated/α-hetero) is 1. The molecule has 42 heavy (non-hydrogen) atoms. The molecule has 224 valence electrons. The third-order valence-electron chi connectivity index (χ3n) is 6.71. The second-order valence-electron chi connectivity index (χ2n) is 9.85. The Balaban J connectivity index is 1.60. The lowest BCUT2D eigenvalue weighted by Crippen LogP contribution is -2.51. The summed E-state index contributed by atoms with van der Waals surface area (Å²) in [7, 11) is 1.50. The molecule has 2 aromatic rings. The van der Waals surface area contributed by atoms with Gasteiger partial charge in [0.25, 0.3) is 11.8 Å². The number of unbranched alkanes of at least 4 members (excludes halogenated alkanes) is 1. The van der Waals surface area contributed by atoms with Crippen molar-refractivity contribution in [3.63, 3.8) is 0 Å². The van der Waals surface area contributed by atoms with Gasteiger partial charge in [0, 0.05) is 43.0 Å². The quantitative estimate of drug-likeness (QED) is 0.205. The van der Waals surface area contributed by atoms with Crippen LogP contribution in [0.1, 0.15) is 35.2 Å². The number of ether oxygens (including phenoxy) is 1. The zero-order valence-corrected chi connectivity index (χ0v) is 24.7. The van der Waals surface area contributed by atoms with E-state index in [-0.39, 0.29) is 13.0 Å². The molecule has 4 N–H and O–H groups in total. The number of likely N-dealkylation sites (N-methyl/N-ethyl adjacent to an activating group) is 1. The van der Waals surface area contributed by atoms with Crippen molar-refractivity contribution in [2.24, 2.45) is 5.73 Å². The molecule has 1 atom stereocenters. The highest BCUT2D eigenvalue weighted by Crippen LogP contribution is 2.33. The summed E-state index contributed by atoms with van der Waals surface area (Å²) in [5.74, 6) is -2.43. The number of amides is 3. The summed E-state index contributed by atoms with van der Waals surface area (Å²) in [6.07, 6.45) is 1.45. The normalized spacial score (nSPS) is 13.9. The van der Waals surface area contributed by atoms with E-state index in [2.05, 4.69) is 21.6 Å². The Hall–Kier alpha value is -3.76. The number of benzene rings is 2. The van der Waals surface area contributed by atoms with E-state index < -0.39 is 29.5 Å². The van der Waals surface area contributed by atoms with Crippen LogP contribution in [0.3, 0.4) is 0 Å². The molecular formula is C30H38N6O5S. The molecule has 1 aliphatic rings. The maximum absolute atomic E-state index is 13.3. The number of hydrogen-bond acceptors (Lipinski definition) is 9. The van der Waals surface area contributed by atoms with Gasteiger partial charge in [-0.1, -0.05) is 36.0 Å². The highest BCUT2D eigenvalue weighted by Gasteiger charge is 2.28. The van der Waals surface area contributed by atoms with Crippen molar-refractivity contribution >= 4 is 35.3 Å². The fourth-order valence-corrected chi connectivity index (χ4v) is 5.41. The van der Waals surface area contributed by atoms with Crippen LogP contribution in [0.2, 0.25) is 0 Å². The molecule has 1 saturated heterocycles. The fourth-order valence-electron chi connectivity index (χ4n) is 4.39. The van der Waals surface area contributed by atoms with E-state index in [0.29, 0.717) is 66.6 Å². The Labute approximate surface area is 250 Å². The SMILES string of the molecule is CN(CC(=O)N[C@@H](CCCCN)C(=O)C(=O)NCCN1CCOCC1)C(=O)c1ccccc1Sc1ccccc1C#N. The predicted molar refractivity (Wildman–Crippen MR) is 159 cm³/mol. The van der Waals surface area contributed by atoms with Crippen molar-refractivity contribution in [3.05, 3.63) is 59.7 Å². The number of rotatable bonds is 15. The number of nitrogens with zero attached hydrogens (tertiary/aromatic N) is 3. The first-order valence-corrected chi connectivity index (χ1v) is 14.8. The molecule has 0 saturated carbocycles. The van der Waals surface area contributed by atoms with Gasteiger partial charge in [-0.05, 0) is 50.1 Å². The molecule has 0 unspecified atom stereocenters. The van der Waals surface area contributed by atoms with Gasteiger partial charge in [0.1, 0.15) is 6.07 Å². The van der Waals surface area contributed by atoms with Gasteiger partial charge in [0.15, 0.2) is 0 Å². The predicted octanol–water partition coefficient (Wildman–Crippen LogP) is 1.41. The summed E-state index contributed by atoms with van der Waals surface area (Å²) < 4.78 is 5.32. The maximum Gasteiger partial charge on any atom is 0.289 e. The lowest BCUT2D eigenvalue weighted by Gasteiger charge is -2.26. The number of nitriles is 1. The van der Waals surface area contributed by atoms with Crippen molar-refractivity contribution in [1.29, 1.82) is 5.26 Å². The van der Waals surface area contributed by atoms with Gasteiger partial charge in [-0.15, -0.1) is 0 Å². The molecule has 1 fully saturated rings. The van der Waals surface area contributed by atoms with Crippen molar-refractivity contribution < 1.29 is 23.9 Å². The average Bonchev–Trinajstić information content (AvgIpc) is 3.01. The van der Waals surface area contributed by atoms with Crippen molar-refractivity contribution in [2.75, 3.05) is 59.5 Å². The monoisotopic (exact) mass is 594 g/mol. The van der Waals surface area contributed by atoms with E-state index in [1.165, 1.54) is 23.7 Å². The van der Waals surface area contributed by atoms with E-state index in [9.17, 15) is 24.4 Å². The summed E-state index contributed by atoms with van der Waals surface area (Å²) >= 11 is 1.30. The third kappa shape index (κ3) is 9.95. The van der Waals surface area contributed by atoms with E-state index in [1.807, 2.05) is 12.1 Å². The molecule has 11 nitrogen and oxygen atoms in total. The largest absolute Gasteiger partial charge is 0.379 e. The van der Waals surface area contributed by atoms with Gasteiger partial charge < -0.3 is 26.0 Å². The number of morpholine rings is 1. The zero-order chi connectivity index (χ0) is 30.3. The maximum atomic E-state index is 13.3. The molecule has 3 rings (SSSR count). The topological polar surface area (TPSA) is 158 Å². The molecular weight excluding hydrogens is 556 g/mol. The van der Waals surface area contributed by atoms with Crippen LogP contribution in [0.5, 0.6) is 0 Å². The molecule has 1 heterocycles. The number of carbonyl (C=O) groups excluding carboxylic acids is 4. The van der Waals surface area contributed by atoms with E-state index in [4.69, 9.17) is 10.5 Å². The summed E-state index contributed by atoms with van der Waals surface area (Å²) in [5, 5.41) is 14.7. The Kier molecular flexibility index (Phi) is 13.5. The standard InChI is InChI=1S/C30H38N6O5S/c1-35(30(40)23-9-3-5-12-26(23)42-25-11-4-2-8-22(25)20-32)21-27(37)34-24(10-6-7-13-31)28(38)29(39)33-14-15-36-16-18-41-19-17-36/h2-5,8-9,11-12,24H,6-7,10,13-19,21,31H2,1H3,(H,33,39)(H,34,37)/t24-/m0/s1. The Morgan fingerprint density at radius 2 is 1.76 bits per heavy atom. The highest BCUT2D eigenvalue weighted by atomic mass is 32.2. The lowest BCUT2D eigenvalue weighted by atomic mass is 10.0. The minimum absolute atomic E-state index is 0.258. The number of nitrogens with one attached hydrogen (secondary N) is 2. The average molecular weight is 595 g/mol. The van der Waals surface area contributed by atoms with Crippen molar-refractivity contribution in [3.8, 4) is 6.07 Å². The second kappa shape index (κ2) is 17.3. The van der Waals surface area contributed by atoms with E-state index >= 15 is 0 Å². The minimum Gasteiger partial charge on any atom is -0.379 e. The van der Waals surface area contributed by atoms with Crippen LogP contribution in [-0.2, 0) is 19.1 Å². The second-order valence-corrected chi connectivity index (χ2v) is 10.9. The van der Waals surface area contributed by atoms with Crippen LogP contribution in [0.4, 0.5) is 0 Å². The zero-order valence-electron chi connectivity index (χ0n) is 23.8. The smallest absolute Gasteiger partial charge is 0.289 e. The van der Waals surface area contributed by atoms with Crippen molar-refractivity contribution in [2.45, 2.75) is 35.1 Å². The number of carbonyl (C=O) groups is 4. The molecule has 0 aliphatic carbocycles. The van der Waals surface area contributed by atoms with Crippen LogP contribution in [0.25, 0.3) is 0 Å². The molecule has 0 radical (unpaired) electrons. The first kappa shape index (κ1) is 32.8. The molecule has 12 heteroatoms. The molecule has 1 aliphatic heterocycles. The third-order valence-corrected chi connectivity index (χ3v) is 7.86. The molecule has 0 spiro atoms. The summed E-state index contributed by atoms with van der Waals surface area (Å²) in [6.45, 7) is 3.83. The van der Waals surface area contributed by atoms with Gasteiger partial charge in [-0.2, -0.15) is 5.26 Å². The van der Waals surface area contributed by atoms with Gasteiger partial charge in [0.2, 0.25) is 11.7 Å². The van der Waals surface area contributed by atoms with E-state index in [1.54, 1.807) is 36.4 Å². The lowest BCUT2D eigenvalue weighted by molar-refractivity contribution is -0.140. The van der Waals surface area contributed by atoms with Crippen LogP contribution >= 0.6 is 11.8 Å². The number of nitrogens with two attached hydrogens (primary N) is 1. The summed E-state index contributed by atoms with van der Waals surface area (Å²) in [6, 6.07) is 15.2. The minimum atomic E-state index is -1.03. The highest BCUT2D eigenvalue weighted by molar-refractivity contribution is 7.99. The molecule has 2 aromatic carbocycles. The van der Waals surface area contributed by atoms with Crippen molar-refractivity contribution in [1.82, 2.24) is 20.4 Å². The van der Waals surface area contributed by atoms with Crippen LogP contribution in [-0.4, -0.2) is 98.9 Å². The molecule has 3 amide bonds. The summed E-state index contributed by atoms with van der Waals surface area (Å²) in [4.78, 5) is 56.6. The Morgan fingerprint density at radius 3 is 2.48 bits per heavy atom. The first-order valence-electron chi connectivity index (χ1n) is 14.0. The Bertz CT molecular complexity index is 1280. The Morgan fingerprint density at radius 1 is 1.07 bits per heavy atom.